The van der Waals surface area contributed by atoms with Gasteiger partial charge in [0.2, 0.25) is 0 Å². The van der Waals surface area contributed by atoms with Crippen molar-refractivity contribution in [3.63, 3.8) is 0 Å². The van der Waals surface area contributed by atoms with Gasteiger partial charge in [0.05, 0.1) is 6.42 Å². The van der Waals surface area contributed by atoms with Crippen LogP contribution < -0.4 is 0 Å². The molecule has 0 aliphatic rings. The second kappa shape index (κ2) is 2.98. The number of hydrogen-bond acceptors (Lipinski definition) is 3. The van der Waals surface area contributed by atoms with Crippen molar-refractivity contribution >= 4 is 28.9 Å². The van der Waals surface area contributed by atoms with Crippen LogP contribution in [0.5, 0.6) is 0 Å². The molecular formula is C5H4ClNO2S. The highest BCUT2D eigenvalue weighted by molar-refractivity contribution is 7.15. The Balaban J connectivity index is 2.67. The van der Waals surface area contributed by atoms with Crippen LogP contribution in [-0.2, 0) is 11.2 Å². The van der Waals surface area contributed by atoms with Crippen molar-refractivity contribution in [1.29, 1.82) is 0 Å². The first-order valence-electron chi connectivity index (χ1n) is 2.50. The maximum Gasteiger partial charge on any atom is 0.308 e. The fourth-order valence-electron chi connectivity index (χ4n) is 0.514. The average molecular weight is 178 g/mol. The molecule has 10 heavy (non-hydrogen) atoms. The number of aromatic nitrogens is 1. The van der Waals surface area contributed by atoms with Gasteiger partial charge in [-0.05, 0) is 0 Å². The molecule has 0 radical (unpaired) electrons. The maximum atomic E-state index is 10.1. The van der Waals surface area contributed by atoms with E-state index in [1.165, 1.54) is 17.5 Å². The Morgan fingerprint density at radius 3 is 3.00 bits per heavy atom. The second-order valence-electron chi connectivity index (χ2n) is 1.65. The molecule has 0 spiro atoms. The molecule has 1 N–H and O–H groups in total. The summed E-state index contributed by atoms with van der Waals surface area (Å²) in [6.07, 6.45) is 1.48. The Morgan fingerprint density at radius 2 is 2.60 bits per heavy atom. The lowest BCUT2D eigenvalue weighted by atomic mass is 10.4. The molecule has 0 atom stereocenters. The van der Waals surface area contributed by atoms with E-state index in [0.29, 0.717) is 9.34 Å². The summed E-state index contributed by atoms with van der Waals surface area (Å²) in [5.41, 5.74) is 0. The monoisotopic (exact) mass is 177 g/mol. The summed E-state index contributed by atoms with van der Waals surface area (Å²) in [6, 6.07) is 0. The SMILES string of the molecule is O=C(O)Cc1cnc(Cl)s1. The van der Waals surface area contributed by atoms with Crippen LogP contribution in [0.2, 0.25) is 4.47 Å². The predicted molar refractivity (Wildman–Crippen MR) is 38.5 cm³/mol. The van der Waals surface area contributed by atoms with Gasteiger partial charge in [-0.1, -0.05) is 11.6 Å². The van der Waals surface area contributed by atoms with Crippen LogP contribution in [0, 0.1) is 0 Å². The number of carboxylic acids is 1. The van der Waals surface area contributed by atoms with Crippen LogP contribution in [0.4, 0.5) is 0 Å². The van der Waals surface area contributed by atoms with Gasteiger partial charge in [0, 0.05) is 11.1 Å². The van der Waals surface area contributed by atoms with Gasteiger partial charge in [0.25, 0.3) is 0 Å². The minimum Gasteiger partial charge on any atom is -0.481 e. The number of halogens is 1. The first kappa shape index (κ1) is 7.50. The quantitative estimate of drug-likeness (QED) is 0.744. The van der Waals surface area contributed by atoms with Gasteiger partial charge in [-0.15, -0.1) is 11.3 Å². The van der Waals surface area contributed by atoms with Gasteiger partial charge in [0.15, 0.2) is 4.47 Å². The molecule has 5 heteroatoms. The van der Waals surface area contributed by atoms with Crippen molar-refractivity contribution in [2.75, 3.05) is 0 Å². The van der Waals surface area contributed by atoms with Crippen LogP contribution in [0.15, 0.2) is 6.20 Å². The molecule has 1 aromatic heterocycles. The summed E-state index contributed by atoms with van der Waals surface area (Å²) >= 11 is 6.65. The lowest BCUT2D eigenvalue weighted by Gasteiger charge is -1.84. The van der Waals surface area contributed by atoms with E-state index in [1.807, 2.05) is 0 Å². The van der Waals surface area contributed by atoms with Crippen LogP contribution in [0.25, 0.3) is 0 Å². The fourth-order valence-corrected chi connectivity index (χ4v) is 1.48. The Kier molecular flexibility index (Phi) is 2.24. The molecule has 0 saturated carbocycles. The van der Waals surface area contributed by atoms with E-state index in [4.69, 9.17) is 16.7 Å². The van der Waals surface area contributed by atoms with Gasteiger partial charge in [-0.25, -0.2) is 4.98 Å². The summed E-state index contributed by atoms with van der Waals surface area (Å²) < 4.78 is 0.385. The summed E-state index contributed by atoms with van der Waals surface area (Å²) in [5, 5.41) is 8.31. The van der Waals surface area contributed by atoms with Crippen molar-refractivity contribution < 1.29 is 9.90 Å². The average Bonchev–Trinajstić information content (AvgIpc) is 2.13. The molecule has 0 fully saturated rings. The number of nitrogens with zero attached hydrogens (tertiary/aromatic N) is 1. The Morgan fingerprint density at radius 1 is 1.90 bits per heavy atom. The van der Waals surface area contributed by atoms with Gasteiger partial charge in [0.1, 0.15) is 0 Å². The molecule has 0 aromatic carbocycles. The van der Waals surface area contributed by atoms with Gasteiger partial charge in [-0.2, -0.15) is 0 Å². The predicted octanol–water partition coefficient (Wildman–Crippen LogP) is 1.42. The smallest absolute Gasteiger partial charge is 0.308 e. The molecule has 0 unspecified atom stereocenters. The van der Waals surface area contributed by atoms with E-state index in [0.717, 1.165) is 0 Å². The highest BCUT2D eigenvalue weighted by Crippen LogP contribution is 2.17. The molecule has 1 heterocycles. The van der Waals surface area contributed by atoms with Crippen molar-refractivity contribution in [1.82, 2.24) is 4.98 Å². The summed E-state index contributed by atoms with van der Waals surface area (Å²) in [7, 11) is 0. The van der Waals surface area contributed by atoms with E-state index in [-0.39, 0.29) is 6.42 Å². The first-order chi connectivity index (χ1) is 4.68. The standard InChI is InChI=1S/C5H4ClNO2S/c6-5-7-2-3(10-5)1-4(8)9/h2H,1H2,(H,8,9). The zero-order valence-corrected chi connectivity index (χ0v) is 6.45. The Hall–Kier alpha value is -0.610. The molecular weight excluding hydrogens is 174 g/mol. The maximum absolute atomic E-state index is 10.1. The third-order valence-electron chi connectivity index (χ3n) is 0.851. The van der Waals surface area contributed by atoms with E-state index in [9.17, 15) is 4.79 Å². The minimum absolute atomic E-state index is 0.00435. The lowest BCUT2D eigenvalue weighted by Crippen LogP contribution is -1.96. The van der Waals surface area contributed by atoms with Crippen molar-refractivity contribution in [2.24, 2.45) is 0 Å². The van der Waals surface area contributed by atoms with Crippen molar-refractivity contribution in [2.45, 2.75) is 6.42 Å². The number of thiazole rings is 1. The zero-order chi connectivity index (χ0) is 7.56. The Bertz CT molecular complexity index is 248. The number of hydrogen-bond donors (Lipinski definition) is 1. The van der Waals surface area contributed by atoms with Crippen molar-refractivity contribution in [3.05, 3.63) is 15.5 Å². The number of rotatable bonds is 2. The molecule has 0 bridgehead atoms. The molecule has 0 amide bonds. The van der Waals surface area contributed by atoms with Crippen LogP contribution in [0.3, 0.4) is 0 Å². The normalized spacial score (nSPS) is 9.70. The van der Waals surface area contributed by atoms with E-state index < -0.39 is 5.97 Å². The summed E-state index contributed by atoms with van der Waals surface area (Å²) in [5.74, 6) is -0.861. The molecule has 1 rings (SSSR count). The van der Waals surface area contributed by atoms with E-state index in [2.05, 4.69) is 4.98 Å². The van der Waals surface area contributed by atoms with Crippen molar-refractivity contribution in [3.8, 4) is 0 Å². The van der Waals surface area contributed by atoms with Gasteiger partial charge < -0.3 is 5.11 Å². The van der Waals surface area contributed by atoms with E-state index >= 15 is 0 Å². The summed E-state index contributed by atoms with van der Waals surface area (Å²) in [6.45, 7) is 0. The lowest BCUT2D eigenvalue weighted by molar-refractivity contribution is -0.136. The third-order valence-corrected chi connectivity index (χ3v) is 1.97. The largest absolute Gasteiger partial charge is 0.481 e. The second-order valence-corrected chi connectivity index (χ2v) is 3.35. The van der Waals surface area contributed by atoms with Crippen LogP contribution in [-0.4, -0.2) is 16.1 Å². The molecule has 3 nitrogen and oxygen atoms in total. The first-order valence-corrected chi connectivity index (χ1v) is 3.70. The molecule has 1 aromatic rings. The van der Waals surface area contributed by atoms with Gasteiger partial charge >= 0.3 is 5.97 Å². The molecule has 54 valence electrons. The Labute approximate surface area is 66.3 Å². The van der Waals surface area contributed by atoms with Crippen LogP contribution in [0.1, 0.15) is 4.88 Å². The highest BCUT2D eigenvalue weighted by atomic mass is 35.5. The fraction of sp³-hybridized carbons (Fsp3) is 0.200. The summed E-state index contributed by atoms with van der Waals surface area (Å²) in [4.78, 5) is 14.5. The van der Waals surface area contributed by atoms with Crippen LogP contribution >= 0.6 is 22.9 Å². The zero-order valence-electron chi connectivity index (χ0n) is 4.87. The topological polar surface area (TPSA) is 50.2 Å². The number of carbonyl (C=O) groups is 1. The van der Waals surface area contributed by atoms with Gasteiger partial charge in [-0.3, -0.25) is 4.79 Å². The third kappa shape index (κ3) is 1.97. The minimum atomic E-state index is -0.861. The van der Waals surface area contributed by atoms with E-state index in [1.54, 1.807) is 0 Å². The highest BCUT2D eigenvalue weighted by Gasteiger charge is 2.03. The number of carboxylic acid groups (broad SMARTS) is 1. The number of aliphatic carboxylic acids is 1. The molecule has 0 saturated heterocycles. The molecule has 0 aliphatic heterocycles. The molecule has 0 aliphatic carbocycles.